The summed E-state index contributed by atoms with van der Waals surface area (Å²) >= 11 is 3.35. The van der Waals surface area contributed by atoms with E-state index in [0.29, 0.717) is 11.4 Å². The van der Waals surface area contributed by atoms with Crippen LogP contribution in [0.4, 0.5) is 15.8 Å². The van der Waals surface area contributed by atoms with Crippen LogP contribution in [-0.2, 0) is 4.79 Å². The zero-order valence-electron chi connectivity index (χ0n) is 9.99. The lowest BCUT2D eigenvalue weighted by Gasteiger charge is -2.09. The summed E-state index contributed by atoms with van der Waals surface area (Å²) < 4.78 is 13.5. The lowest BCUT2D eigenvalue weighted by Crippen LogP contribution is -2.21. The zero-order valence-corrected chi connectivity index (χ0v) is 11.6. The van der Waals surface area contributed by atoms with E-state index in [0.717, 1.165) is 4.47 Å². The van der Waals surface area contributed by atoms with Crippen molar-refractivity contribution in [1.82, 2.24) is 0 Å². The second kappa shape index (κ2) is 6.33. The first-order valence-electron chi connectivity index (χ1n) is 5.69. The first-order chi connectivity index (χ1) is 9.15. The molecule has 2 aromatic carbocycles. The van der Waals surface area contributed by atoms with Gasteiger partial charge in [-0.25, -0.2) is 4.39 Å². The number of hydrogen-bond donors (Lipinski definition) is 2. The second-order valence-electron chi connectivity index (χ2n) is 3.89. The number of para-hydroxylation sites is 1. The molecule has 5 heteroatoms. The Morgan fingerprint density at radius 3 is 2.47 bits per heavy atom. The van der Waals surface area contributed by atoms with Gasteiger partial charge >= 0.3 is 0 Å². The molecule has 0 saturated carbocycles. The number of rotatable bonds is 4. The van der Waals surface area contributed by atoms with Crippen LogP contribution in [0.1, 0.15) is 0 Å². The third kappa shape index (κ3) is 4.06. The van der Waals surface area contributed by atoms with Crippen LogP contribution in [-0.4, -0.2) is 12.5 Å². The van der Waals surface area contributed by atoms with Crippen LogP contribution < -0.4 is 10.6 Å². The highest BCUT2D eigenvalue weighted by atomic mass is 79.9. The van der Waals surface area contributed by atoms with Crippen molar-refractivity contribution in [3.05, 3.63) is 58.8 Å². The number of nitrogens with one attached hydrogen (secondary N) is 2. The largest absolute Gasteiger partial charge is 0.376 e. The van der Waals surface area contributed by atoms with E-state index in [4.69, 9.17) is 0 Å². The molecule has 0 aliphatic carbocycles. The van der Waals surface area contributed by atoms with Crippen LogP contribution in [0, 0.1) is 5.82 Å². The molecule has 19 heavy (non-hydrogen) atoms. The quantitative estimate of drug-likeness (QED) is 0.902. The molecule has 0 radical (unpaired) electrons. The monoisotopic (exact) mass is 322 g/mol. The number of amides is 1. The zero-order chi connectivity index (χ0) is 13.7. The van der Waals surface area contributed by atoms with Gasteiger partial charge in [-0.15, -0.1) is 0 Å². The molecule has 2 N–H and O–H groups in total. The Morgan fingerprint density at radius 1 is 1.11 bits per heavy atom. The van der Waals surface area contributed by atoms with Gasteiger partial charge in [-0.2, -0.15) is 0 Å². The third-order valence-corrected chi connectivity index (χ3v) is 3.14. The Bertz CT molecular complexity index is 572. The van der Waals surface area contributed by atoms with Gasteiger partial charge in [0.1, 0.15) is 5.82 Å². The van der Waals surface area contributed by atoms with Crippen molar-refractivity contribution in [3.63, 3.8) is 0 Å². The van der Waals surface area contributed by atoms with Gasteiger partial charge in [0.25, 0.3) is 0 Å². The van der Waals surface area contributed by atoms with E-state index in [9.17, 15) is 9.18 Å². The molecular weight excluding hydrogens is 311 g/mol. The number of carbonyl (C=O) groups is 1. The maximum atomic E-state index is 12.7. The number of anilines is 2. The summed E-state index contributed by atoms with van der Waals surface area (Å²) in [7, 11) is 0. The second-order valence-corrected chi connectivity index (χ2v) is 4.74. The van der Waals surface area contributed by atoms with Crippen LogP contribution >= 0.6 is 15.9 Å². The molecular formula is C14H12BrFN2O. The lowest BCUT2D eigenvalue weighted by atomic mass is 10.3. The van der Waals surface area contributed by atoms with Crippen molar-refractivity contribution in [1.29, 1.82) is 0 Å². The summed E-state index contributed by atoms with van der Waals surface area (Å²) in [6.07, 6.45) is 0. The van der Waals surface area contributed by atoms with Gasteiger partial charge in [0.2, 0.25) is 5.91 Å². The molecule has 0 saturated heterocycles. The van der Waals surface area contributed by atoms with Gasteiger partial charge in [0, 0.05) is 10.2 Å². The van der Waals surface area contributed by atoms with Crippen molar-refractivity contribution >= 4 is 33.2 Å². The van der Waals surface area contributed by atoms with Gasteiger partial charge in [-0.3, -0.25) is 4.79 Å². The first kappa shape index (κ1) is 13.5. The maximum Gasteiger partial charge on any atom is 0.243 e. The van der Waals surface area contributed by atoms with E-state index >= 15 is 0 Å². The van der Waals surface area contributed by atoms with E-state index in [1.165, 1.54) is 12.1 Å². The SMILES string of the molecule is O=C(CNc1ccc(F)cc1)Nc1ccccc1Br. The van der Waals surface area contributed by atoms with E-state index < -0.39 is 0 Å². The molecule has 2 aromatic rings. The minimum absolute atomic E-state index is 0.118. The normalized spacial score (nSPS) is 10.0. The number of hydrogen-bond acceptors (Lipinski definition) is 2. The minimum atomic E-state index is -0.303. The van der Waals surface area contributed by atoms with E-state index in [1.54, 1.807) is 18.2 Å². The van der Waals surface area contributed by atoms with Crippen molar-refractivity contribution in [2.24, 2.45) is 0 Å². The lowest BCUT2D eigenvalue weighted by molar-refractivity contribution is -0.114. The summed E-state index contributed by atoms with van der Waals surface area (Å²) in [5.74, 6) is -0.473. The Labute approximate surface area is 119 Å². The standard InChI is InChI=1S/C14H12BrFN2O/c15-12-3-1-2-4-13(12)18-14(19)9-17-11-7-5-10(16)6-8-11/h1-8,17H,9H2,(H,18,19). The summed E-state index contributed by atoms with van der Waals surface area (Å²) in [4.78, 5) is 11.7. The van der Waals surface area contributed by atoms with Crippen molar-refractivity contribution < 1.29 is 9.18 Å². The highest BCUT2D eigenvalue weighted by Crippen LogP contribution is 2.20. The molecule has 1 amide bonds. The van der Waals surface area contributed by atoms with Gasteiger partial charge in [-0.1, -0.05) is 12.1 Å². The molecule has 0 bridgehead atoms. The van der Waals surface area contributed by atoms with Crippen molar-refractivity contribution in [2.45, 2.75) is 0 Å². The molecule has 0 aliphatic rings. The third-order valence-electron chi connectivity index (χ3n) is 2.45. The average Bonchev–Trinajstić information content (AvgIpc) is 2.41. The number of halogens is 2. The van der Waals surface area contributed by atoms with Gasteiger partial charge in [-0.05, 0) is 52.3 Å². The fraction of sp³-hybridized carbons (Fsp3) is 0.0714. The van der Waals surface area contributed by atoms with Crippen molar-refractivity contribution in [2.75, 3.05) is 17.2 Å². The van der Waals surface area contributed by atoms with Crippen LogP contribution in [0.3, 0.4) is 0 Å². The molecule has 3 nitrogen and oxygen atoms in total. The highest BCUT2D eigenvalue weighted by Gasteiger charge is 2.04. The predicted octanol–water partition coefficient (Wildman–Crippen LogP) is 3.64. The molecule has 0 aromatic heterocycles. The minimum Gasteiger partial charge on any atom is -0.376 e. The molecule has 98 valence electrons. The smallest absolute Gasteiger partial charge is 0.243 e. The Hall–Kier alpha value is -1.88. The average molecular weight is 323 g/mol. The molecule has 0 fully saturated rings. The molecule has 0 aliphatic heterocycles. The van der Waals surface area contributed by atoms with Gasteiger partial charge in [0.15, 0.2) is 0 Å². The molecule has 2 rings (SSSR count). The topological polar surface area (TPSA) is 41.1 Å². The highest BCUT2D eigenvalue weighted by molar-refractivity contribution is 9.10. The summed E-state index contributed by atoms with van der Waals surface area (Å²) in [6.45, 7) is 0.118. The Morgan fingerprint density at radius 2 is 1.79 bits per heavy atom. The number of carbonyl (C=O) groups excluding carboxylic acids is 1. The Balaban J connectivity index is 1.88. The summed E-state index contributed by atoms with van der Waals surface area (Å²) in [6, 6.07) is 13.2. The van der Waals surface area contributed by atoms with Crippen LogP contribution in [0.15, 0.2) is 53.0 Å². The molecule has 0 heterocycles. The summed E-state index contributed by atoms with van der Waals surface area (Å²) in [5, 5.41) is 5.69. The predicted molar refractivity (Wildman–Crippen MR) is 77.7 cm³/mol. The first-order valence-corrected chi connectivity index (χ1v) is 6.48. The van der Waals surface area contributed by atoms with Crippen LogP contribution in [0.5, 0.6) is 0 Å². The fourth-order valence-electron chi connectivity index (χ4n) is 1.51. The number of benzene rings is 2. The van der Waals surface area contributed by atoms with E-state index in [2.05, 4.69) is 26.6 Å². The van der Waals surface area contributed by atoms with Crippen LogP contribution in [0.2, 0.25) is 0 Å². The van der Waals surface area contributed by atoms with E-state index in [1.807, 2.05) is 18.2 Å². The van der Waals surface area contributed by atoms with Crippen LogP contribution in [0.25, 0.3) is 0 Å². The van der Waals surface area contributed by atoms with Gasteiger partial charge in [0.05, 0.1) is 12.2 Å². The summed E-state index contributed by atoms with van der Waals surface area (Å²) in [5.41, 5.74) is 1.41. The van der Waals surface area contributed by atoms with Gasteiger partial charge < -0.3 is 10.6 Å². The Kier molecular flexibility index (Phi) is 4.52. The van der Waals surface area contributed by atoms with E-state index in [-0.39, 0.29) is 18.3 Å². The molecule has 0 atom stereocenters. The maximum absolute atomic E-state index is 12.7. The molecule has 0 unspecified atom stereocenters. The fourth-order valence-corrected chi connectivity index (χ4v) is 1.89. The molecule has 0 spiro atoms. The van der Waals surface area contributed by atoms with Crippen molar-refractivity contribution in [3.8, 4) is 0 Å².